The molecule has 0 bridgehead atoms. The van der Waals surface area contributed by atoms with Crippen molar-refractivity contribution < 1.29 is 19.4 Å². The van der Waals surface area contributed by atoms with E-state index in [-0.39, 0.29) is 17.4 Å². The molecule has 0 aliphatic heterocycles. The first kappa shape index (κ1) is 22.7. The number of ether oxygens (including phenoxy) is 1. The van der Waals surface area contributed by atoms with E-state index < -0.39 is 17.7 Å². The van der Waals surface area contributed by atoms with Crippen molar-refractivity contribution in [3.05, 3.63) is 52.4 Å². The maximum absolute atomic E-state index is 13.7. The predicted octanol–water partition coefficient (Wildman–Crippen LogP) is 2.95. The Balaban J connectivity index is 1.59. The van der Waals surface area contributed by atoms with E-state index in [4.69, 9.17) is 4.74 Å². The van der Waals surface area contributed by atoms with Crippen LogP contribution in [0.2, 0.25) is 0 Å². The average Bonchev–Trinajstić information content (AvgIpc) is 3.51. The Hall–Kier alpha value is -4.13. The molecular formula is C22H21N7O5S. The molecule has 2 aromatic heterocycles. The van der Waals surface area contributed by atoms with E-state index in [1.165, 1.54) is 24.1 Å². The summed E-state index contributed by atoms with van der Waals surface area (Å²) < 4.78 is 15.2. The lowest BCUT2D eigenvalue weighted by Crippen LogP contribution is -2.47. The number of fused-ring (bicyclic) bond motifs is 1. The van der Waals surface area contributed by atoms with Gasteiger partial charge < -0.3 is 9.84 Å². The van der Waals surface area contributed by atoms with Gasteiger partial charge in [0.15, 0.2) is 0 Å². The molecule has 1 aliphatic rings. The van der Waals surface area contributed by atoms with E-state index in [2.05, 4.69) is 19.2 Å². The molecule has 1 saturated carbocycles. The molecule has 35 heavy (non-hydrogen) atoms. The van der Waals surface area contributed by atoms with Crippen LogP contribution in [0.1, 0.15) is 42.5 Å². The summed E-state index contributed by atoms with van der Waals surface area (Å²) in [4.78, 5) is 40.2. The number of carboxylic acids is 1. The number of carboxylic acid groups (broad SMARTS) is 1. The summed E-state index contributed by atoms with van der Waals surface area (Å²) in [6, 6.07) is 8.67. The van der Waals surface area contributed by atoms with Gasteiger partial charge in [-0.05, 0) is 53.6 Å². The second-order valence-electron chi connectivity index (χ2n) is 8.13. The zero-order valence-electron chi connectivity index (χ0n) is 18.7. The van der Waals surface area contributed by atoms with E-state index in [0.717, 1.165) is 35.7 Å². The molecule has 5 rings (SSSR count). The number of hydrogen-bond acceptors (Lipinski definition) is 9. The van der Waals surface area contributed by atoms with Crippen molar-refractivity contribution in [3.63, 3.8) is 0 Å². The van der Waals surface area contributed by atoms with Crippen molar-refractivity contribution in [2.75, 3.05) is 12.0 Å². The van der Waals surface area contributed by atoms with Gasteiger partial charge in [-0.3, -0.25) is 4.90 Å². The Bertz CT molecular complexity index is 1470. The van der Waals surface area contributed by atoms with Crippen LogP contribution in [0.4, 0.5) is 10.5 Å². The smallest absolute Gasteiger partial charge is 0.377 e. The van der Waals surface area contributed by atoms with Gasteiger partial charge in [-0.25, -0.2) is 14.4 Å². The summed E-state index contributed by atoms with van der Waals surface area (Å²) >= 11 is 1.00. The molecule has 12 nitrogen and oxygen atoms in total. The van der Waals surface area contributed by atoms with E-state index in [1.807, 2.05) is 0 Å². The number of amides is 1. The number of aromatic carboxylic acids is 1. The summed E-state index contributed by atoms with van der Waals surface area (Å²) in [5.41, 5.74) is 0.933. The number of nitrogens with zero attached hydrogens (tertiary/aromatic N) is 7. The van der Waals surface area contributed by atoms with Crippen LogP contribution in [0, 0.1) is 0 Å². The minimum atomic E-state index is -1.19. The lowest BCUT2D eigenvalue weighted by Gasteiger charge is -2.33. The first-order valence-electron chi connectivity index (χ1n) is 11.0. The Morgan fingerprint density at radius 2 is 1.91 bits per heavy atom. The van der Waals surface area contributed by atoms with E-state index in [1.54, 1.807) is 24.3 Å². The van der Waals surface area contributed by atoms with Crippen molar-refractivity contribution in [1.82, 2.24) is 28.5 Å². The third-order valence-corrected chi connectivity index (χ3v) is 6.64. The first-order valence-corrected chi connectivity index (χ1v) is 11.7. The van der Waals surface area contributed by atoms with Crippen LogP contribution in [0.3, 0.4) is 0 Å². The molecule has 1 fully saturated rings. The van der Waals surface area contributed by atoms with Crippen LogP contribution in [-0.2, 0) is 0 Å². The molecule has 1 amide bonds. The lowest BCUT2D eigenvalue weighted by atomic mass is 9.94. The fourth-order valence-electron chi connectivity index (χ4n) is 4.41. The van der Waals surface area contributed by atoms with Gasteiger partial charge in [-0.1, -0.05) is 25.3 Å². The van der Waals surface area contributed by atoms with Gasteiger partial charge in [0.05, 0.1) is 18.8 Å². The molecule has 0 saturated heterocycles. The number of anilines is 1. The van der Waals surface area contributed by atoms with Crippen LogP contribution < -0.4 is 15.3 Å². The summed E-state index contributed by atoms with van der Waals surface area (Å²) in [5.74, 6) is -1.02. The first-order chi connectivity index (χ1) is 17.0. The number of benzene rings is 2. The van der Waals surface area contributed by atoms with Crippen LogP contribution in [0.25, 0.3) is 16.7 Å². The second-order valence-corrected chi connectivity index (χ2v) is 8.66. The maximum atomic E-state index is 13.7. The topological polar surface area (TPSA) is 145 Å². The summed E-state index contributed by atoms with van der Waals surface area (Å²) in [7, 11) is 1.38. The molecule has 0 radical (unpaired) electrons. The highest BCUT2D eigenvalue weighted by Gasteiger charge is 2.32. The van der Waals surface area contributed by atoms with Crippen molar-refractivity contribution >= 4 is 40.4 Å². The lowest BCUT2D eigenvalue weighted by molar-refractivity contribution is 0.0693. The quantitative estimate of drug-likeness (QED) is 0.413. The Labute approximate surface area is 202 Å². The molecule has 13 heteroatoms. The molecule has 2 heterocycles. The largest absolute Gasteiger partial charge is 0.496 e. The molecular weight excluding hydrogens is 474 g/mol. The Morgan fingerprint density at radius 1 is 1.11 bits per heavy atom. The number of methoxy groups -OCH3 is 1. The summed E-state index contributed by atoms with van der Waals surface area (Å²) in [5, 5.41) is 17.4. The molecule has 0 unspecified atom stereocenters. The Morgan fingerprint density at radius 3 is 2.66 bits per heavy atom. The highest BCUT2D eigenvalue weighted by molar-refractivity contribution is 7.00. The van der Waals surface area contributed by atoms with Gasteiger partial charge in [0.25, 0.3) is 0 Å². The summed E-state index contributed by atoms with van der Waals surface area (Å²) in [6.07, 6.45) is 4.30. The molecule has 4 aromatic rings. The van der Waals surface area contributed by atoms with Crippen molar-refractivity contribution in [2.24, 2.45) is 0 Å². The predicted molar refractivity (Wildman–Crippen MR) is 127 cm³/mol. The number of aromatic nitrogens is 6. The molecule has 0 spiro atoms. The highest BCUT2D eigenvalue weighted by Crippen LogP contribution is 2.31. The molecule has 2 aromatic carbocycles. The zero-order chi connectivity index (χ0) is 24.5. The van der Waals surface area contributed by atoms with Gasteiger partial charge in [0, 0.05) is 11.7 Å². The molecule has 180 valence electrons. The minimum Gasteiger partial charge on any atom is -0.496 e. The van der Waals surface area contributed by atoms with Gasteiger partial charge in [-0.15, -0.1) is 4.68 Å². The normalized spacial score (nSPS) is 14.2. The van der Waals surface area contributed by atoms with Crippen LogP contribution in [0.5, 0.6) is 5.75 Å². The molecule has 0 atom stereocenters. The van der Waals surface area contributed by atoms with Crippen molar-refractivity contribution in [3.8, 4) is 11.4 Å². The second kappa shape index (κ2) is 9.25. The molecule has 1 aliphatic carbocycles. The van der Waals surface area contributed by atoms with Gasteiger partial charge >= 0.3 is 17.7 Å². The SMILES string of the molecule is COc1ccc(N(C(=O)n2nnn(-c3cccc4nsnc34)c2=O)C2CCCCC2)cc1C(=O)O. The Kier molecular flexibility index (Phi) is 5.99. The fraction of sp³-hybridized carbons (Fsp3) is 0.318. The van der Waals surface area contributed by atoms with Crippen molar-refractivity contribution in [1.29, 1.82) is 0 Å². The number of carbonyl (C=O) groups is 2. The van der Waals surface area contributed by atoms with E-state index in [9.17, 15) is 19.5 Å². The van der Waals surface area contributed by atoms with Gasteiger partial charge in [-0.2, -0.15) is 13.4 Å². The number of tetrazole rings is 1. The summed E-state index contributed by atoms with van der Waals surface area (Å²) in [6.45, 7) is 0. The number of carbonyl (C=O) groups excluding carboxylic acids is 1. The van der Waals surface area contributed by atoms with Crippen LogP contribution >= 0.6 is 11.7 Å². The van der Waals surface area contributed by atoms with E-state index in [0.29, 0.717) is 39.9 Å². The van der Waals surface area contributed by atoms with Crippen molar-refractivity contribution in [2.45, 2.75) is 38.1 Å². The van der Waals surface area contributed by atoms with Gasteiger partial charge in [0.1, 0.15) is 28.0 Å². The monoisotopic (exact) mass is 495 g/mol. The number of hydrogen-bond donors (Lipinski definition) is 1. The van der Waals surface area contributed by atoms with Crippen LogP contribution in [0.15, 0.2) is 41.2 Å². The van der Waals surface area contributed by atoms with Gasteiger partial charge in [0.2, 0.25) is 0 Å². The highest BCUT2D eigenvalue weighted by atomic mass is 32.1. The number of rotatable bonds is 5. The third-order valence-electron chi connectivity index (χ3n) is 6.09. The third kappa shape index (κ3) is 4.03. The maximum Gasteiger partial charge on any atom is 0.377 e. The zero-order valence-corrected chi connectivity index (χ0v) is 19.5. The minimum absolute atomic E-state index is 0.0858. The van der Waals surface area contributed by atoms with Crippen LogP contribution in [-0.4, -0.2) is 58.8 Å². The standard InChI is InChI=1S/C22H21N7O5S/c1-34-18-11-10-14(12-15(18)20(30)31)27(13-6-3-2-4-7-13)21(32)29-22(33)28(25-26-29)17-9-5-8-16-19(17)24-35-23-16/h5,8-13H,2-4,6-7H2,1H3,(H,30,31). The molecule has 1 N–H and O–H groups in total. The van der Waals surface area contributed by atoms with E-state index >= 15 is 0 Å². The average molecular weight is 496 g/mol. The fourth-order valence-corrected chi connectivity index (χ4v) is 4.96.